The normalized spacial score (nSPS) is 22.3. The molecule has 0 aliphatic heterocycles. The molecule has 1 aromatic heterocycles. The van der Waals surface area contributed by atoms with E-state index >= 15 is 0 Å². The van der Waals surface area contributed by atoms with Gasteiger partial charge in [0.15, 0.2) is 0 Å². The van der Waals surface area contributed by atoms with Crippen molar-refractivity contribution in [1.82, 2.24) is 15.0 Å². The highest BCUT2D eigenvalue weighted by atomic mass is 16.5. The molecule has 2 atom stereocenters. The van der Waals surface area contributed by atoms with E-state index in [1.807, 2.05) is 0 Å². The van der Waals surface area contributed by atoms with Gasteiger partial charge >= 0.3 is 6.01 Å². The second-order valence-corrected chi connectivity index (χ2v) is 5.12. The van der Waals surface area contributed by atoms with Crippen LogP contribution >= 0.6 is 0 Å². The zero-order valence-corrected chi connectivity index (χ0v) is 11.9. The van der Waals surface area contributed by atoms with Gasteiger partial charge in [-0.05, 0) is 31.6 Å². The summed E-state index contributed by atoms with van der Waals surface area (Å²) < 4.78 is 5.48. The van der Waals surface area contributed by atoms with Gasteiger partial charge in [-0.1, -0.05) is 13.8 Å². The number of aromatic nitrogens is 3. The maximum absolute atomic E-state index is 5.48. The molecular formula is C13H23N5O. The minimum atomic E-state index is 0.384. The van der Waals surface area contributed by atoms with Crippen molar-refractivity contribution < 1.29 is 4.74 Å². The van der Waals surface area contributed by atoms with E-state index in [1.54, 1.807) is 7.05 Å². The maximum atomic E-state index is 5.48. The summed E-state index contributed by atoms with van der Waals surface area (Å²) in [6.45, 7) is 4.95. The Bertz CT molecular complexity index is 412. The second-order valence-electron chi connectivity index (χ2n) is 5.12. The van der Waals surface area contributed by atoms with Crippen molar-refractivity contribution in [3.63, 3.8) is 0 Å². The van der Waals surface area contributed by atoms with E-state index in [1.165, 1.54) is 19.3 Å². The van der Waals surface area contributed by atoms with E-state index in [4.69, 9.17) is 4.74 Å². The van der Waals surface area contributed by atoms with Crippen molar-refractivity contribution in [1.29, 1.82) is 0 Å². The molecule has 2 rings (SSSR count). The molecule has 106 valence electrons. The van der Waals surface area contributed by atoms with Crippen molar-refractivity contribution in [2.45, 2.75) is 45.6 Å². The molecular weight excluding hydrogens is 242 g/mol. The van der Waals surface area contributed by atoms with E-state index < -0.39 is 0 Å². The van der Waals surface area contributed by atoms with Crippen molar-refractivity contribution in [3.05, 3.63) is 0 Å². The Balaban J connectivity index is 2.05. The molecule has 0 bridgehead atoms. The highest BCUT2D eigenvalue weighted by molar-refractivity contribution is 5.36. The topological polar surface area (TPSA) is 72.0 Å². The Morgan fingerprint density at radius 2 is 2.00 bits per heavy atom. The first-order valence-corrected chi connectivity index (χ1v) is 7.04. The fraction of sp³-hybridized carbons (Fsp3) is 0.769. The molecule has 0 amide bonds. The molecule has 0 spiro atoms. The molecule has 1 heterocycles. The summed E-state index contributed by atoms with van der Waals surface area (Å²) in [5.41, 5.74) is 0. The molecule has 0 saturated heterocycles. The van der Waals surface area contributed by atoms with Crippen LogP contribution in [0.15, 0.2) is 0 Å². The number of rotatable bonds is 6. The summed E-state index contributed by atoms with van der Waals surface area (Å²) in [5, 5.41) is 6.32. The molecule has 1 saturated carbocycles. The van der Waals surface area contributed by atoms with Gasteiger partial charge in [0.05, 0.1) is 6.61 Å². The Kier molecular flexibility index (Phi) is 4.76. The van der Waals surface area contributed by atoms with Crippen LogP contribution in [0.2, 0.25) is 0 Å². The zero-order valence-electron chi connectivity index (χ0n) is 11.9. The van der Waals surface area contributed by atoms with Crippen LogP contribution < -0.4 is 15.4 Å². The Morgan fingerprint density at radius 1 is 1.21 bits per heavy atom. The van der Waals surface area contributed by atoms with Gasteiger partial charge in [0.1, 0.15) is 0 Å². The molecule has 1 fully saturated rings. The number of anilines is 2. The molecule has 6 nitrogen and oxygen atoms in total. The third-order valence-corrected chi connectivity index (χ3v) is 3.30. The molecule has 2 N–H and O–H groups in total. The smallest absolute Gasteiger partial charge is 0.323 e. The van der Waals surface area contributed by atoms with Gasteiger partial charge in [0, 0.05) is 13.1 Å². The second kappa shape index (κ2) is 6.54. The van der Waals surface area contributed by atoms with Crippen molar-refractivity contribution in [2.75, 3.05) is 24.3 Å². The molecule has 1 aliphatic rings. The van der Waals surface area contributed by atoms with Gasteiger partial charge in [0.2, 0.25) is 11.9 Å². The van der Waals surface area contributed by atoms with Crippen molar-refractivity contribution in [2.24, 2.45) is 5.92 Å². The minimum Gasteiger partial charge on any atom is -0.463 e. The van der Waals surface area contributed by atoms with Crippen LogP contribution in [0.3, 0.4) is 0 Å². The summed E-state index contributed by atoms with van der Waals surface area (Å²) >= 11 is 0. The van der Waals surface area contributed by atoms with E-state index in [2.05, 4.69) is 39.4 Å². The van der Waals surface area contributed by atoms with Crippen LogP contribution in [0.5, 0.6) is 6.01 Å². The lowest BCUT2D eigenvalue weighted by molar-refractivity contribution is 0.292. The third kappa shape index (κ3) is 3.94. The first-order valence-electron chi connectivity index (χ1n) is 7.04. The van der Waals surface area contributed by atoms with E-state index in [9.17, 15) is 0 Å². The first kappa shape index (κ1) is 13.8. The Morgan fingerprint density at radius 3 is 2.63 bits per heavy atom. The number of hydrogen-bond acceptors (Lipinski definition) is 6. The molecule has 0 radical (unpaired) electrons. The minimum absolute atomic E-state index is 0.384. The lowest BCUT2D eigenvalue weighted by atomic mass is 10.1. The summed E-state index contributed by atoms with van der Waals surface area (Å²) in [4.78, 5) is 12.8. The van der Waals surface area contributed by atoms with Gasteiger partial charge in [-0.25, -0.2) is 0 Å². The molecule has 1 aromatic rings. The maximum Gasteiger partial charge on any atom is 0.323 e. The summed E-state index contributed by atoms with van der Waals surface area (Å²) in [5.74, 6) is 1.91. The van der Waals surface area contributed by atoms with Crippen LogP contribution in [0, 0.1) is 5.92 Å². The zero-order chi connectivity index (χ0) is 13.7. The van der Waals surface area contributed by atoms with Crippen molar-refractivity contribution in [3.8, 4) is 6.01 Å². The molecule has 6 heteroatoms. The average molecular weight is 265 g/mol. The third-order valence-electron chi connectivity index (χ3n) is 3.30. The monoisotopic (exact) mass is 265 g/mol. The summed E-state index contributed by atoms with van der Waals surface area (Å²) in [6.07, 6.45) is 4.54. The predicted molar refractivity (Wildman–Crippen MR) is 75.6 cm³/mol. The number of nitrogens with zero attached hydrogens (tertiary/aromatic N) is 3. The van der Waals surface area contributed by atoms with Gasteiger partial charge in [-0.15, -0.1) is 0 Å². The van der Waals surface area contributed by atoms with Gasteiger partial charge in [0.25, 0.3) is 0 Å². The van der Waals surface area contributed by atoms with E-state index in [0.717, 1.165) is 12.3 Å². The predicted octanol–water partition coefficient (Wildman–Crippen LogP) is 2.30. The fourth-order valence-electron chi connectivity index (χ4n) is 2.31. The highest BCUT2D eigenvalue weighted by Gasteiger charge is 2.22. The number of hydrogen-bond donors (Lipinski definition) is 2. The molecule has 2 unspecified atom stereocenters. The average Bonchev–Trinajstić information content (AvgIpc) is 2.81. The molecule has 19 heavy (non-hydrogen) atoms. The van der Waals surface area contributed by atoms with Gasteiger partial charge < -0.3 is 15.4 Å². The van der Waals surface area contributed by atoms with Gasteiger partial charge in [-0.2, -0.15) is 15.0 Å². The SMILES string of the molecule is CCCOc1nc(NC)nc(NC2CCC(C)C2)n1. The van der Waals surface area contributed by atoms with Crippen LogP contribution in [0.1, 0.15) is 39.5 Å². The molecule has 0 aromatic carbocycles. The van der Waals surface area contributed by atoms with Gasteiger partial charge in [-0.3, -0.25) is 0 Å². The Hall–Kier alpha value is -1.59. The summed E-state index contributed by atoms with van der Waals surface area (Å²) in [6, 6.07) is 0.843. The number of nitrogens with one attached hydrogen (secondary N) is 2. The summed E-state index contributed by atoms with van der Waals surface area (Å²) in [7, 11) is 1.79. The van der Waals surface area contributed by atoms with Crippen molar-refractivity contribution >= 4 is 11.9 Å². The Labute approximate surface area is 114 Å². The van der Waals surface area contributed by atoms with Crippen LogP contribution in [-0.2, 0) is 0 Å². The van der Waals surface area contributed by atoms with Crippen LogP contribution in [0.4, 0.5) is 11.9 Å². The standard InChI is InChI=1S/C13H23N5O/c1-4-7-19-13-17-11(14-3)16-12(18-13)15-10-6-5-9(2)8-10/h9-10H,4-8H2,1-3H3,(H2,14,15,16,17,18). The lowest BCUT2D eigenvalue weighted by Crippen LogP contribution is -2.18. The lowest BCUT2D eigenvalue weighted by Gasteiger charge is -2.13. The fourth-order valence-corrected chi connectivity index (χ4v) is 2.31. The van der Waals surface area contributed by atoms with E-state index in [-0.39, 0.29) is 0 Å². The van der Waals surface area contributed by atoms with Crippen LogP contribution in [-0.4, -0.2) is 34.6 Å². The number of ether oxygens (including phenoxy) is 1. The van der Waals surface area contributed by atoms with Crippen LogP contribution in [0.25, 0.3) is 0 Å². The molecule has 1 aliphatic carbocycles. The largest absolute Gasteiger partial charge is 0.463 e. The quantitative estimate of drug-likeness (QED) is 0.822. The first-order chi connectivity index (χ1) is 9.21. The highest BCUT2D eigenvalue weighted by Crippen LogP contribution is 2.27. The van der Waals surface area contributed by atoms with E-state index in [0.29, 0.717) is 30.6 Å².